The normalized spacial score (nSPS) is 11.1. The summed E-state index contributed by atoms with van der Waals surface area (Å²) in [5.41, 5.74) is 3.32. The predicted octanol–water partition coefficient (Wildman–Crippen LogP) is 2.62. The van der Waals surface area contributed by atoms with Gasteiger partial charge in [0.15, 0.2) is 0 Å². The minimum absolute atomic E-state index is 0.0896. The zero-order valence-corrected chi connectivity index (χ0v) is 11.6. The van der Waals surface area contributed by atoms with Gasteiger partial charge in [0.1, 0.15) is 0 Å². The molecular formula is C16H13N5O. The second-order valence-electron chi connectivity index (χ2n) is 5.12. The first-order valence-corrected chi connectivity index (χ1v) is 6.94. The zero-order chi connectivity index (χ0) is 14.9. The van der Waals surface area contributed by atoms with E-state index in [0.29, 0.717) is 0 Å². The molecule has 3 N–H and O–H groups in total. The number of fused-ring (bicyclic) bond motifs is 2. The first kappa shape index (κ1) is 12.6. The smallest absolute Gasteiger partial charge is 0.230 e. The van der Waals surface area contributed by atoms with Crippen LogP contribution in [0, 0.1) is 0 Å². The SMILES string of the molecule is O=C(Cc1[nH]nc2ccccc12)Nc1ccc2cn[nH]c2c1. The number of para-hydroxylation sites is 1. The highest BCUT2D eigenvalue weighted by molar-refractivity contribution is 5.96. The fraction of sp³-hybridized carbons (Fsp3) is 0.0625. The van der Waals surface area contributed by atoms with Crippen LogP contribution in [-0.4, -0.2) is 26.3 Å². The minimum Gasteiger partial charge on any atom is -0.326 e. The average molecular weight is 291 g/mol. The standard InChI is InChI=1S/C16H13N5O/c22-16(8-15-12-3-1-2-4-13(12)20-21-15)18-11-6-5-10-9-17-19-14(10)7-11/h1-7,9H,8H2,(H,17,19)(H,18,22)(H,20,21). The molecule has 0 aliphatic rings. The van der Waals surface area contributed by atoms with Crippen molar-refractivity contribution in [3.05, 3.63) is 54.4 Å². The molecule has 0 atom stereocenters. The number of hydrogen-bond donors (Lipinski definition) is 3. The largest absolute Gasteiger partial charge is 0.326 e. The first-order valence-electron chi connectivity index (χ1n) is 6.94. The molecule has 108 valence electrons. The van der Waals surface area contributed by atoms with Crippen LogP contribution in [0.1, 0.15) is 5.69 Å². The summed E-state index contributed by atoms with van der Waals surface area (Å²) in [7, 11) is 0. The first-order chi connectivity index (χ1) is 10.8. The monoisotopic (exact) mass is 291 g/mol. The molecule has 0 fully saturated rings. The summed E-state index contributed by atoms with van der Waals surface area (Å²) in [5.74, 6) is -0.0896. The fourth-order valence-electron chi connectivity index (χ4n) is 2.53. The maximum absolute atomic E-state index is 12.2. The van der Waals surface area contributed by atoms with Crippen LogP contribution in [0.3, 0.4) is 0 Å². The van der Waals surface area contributed by atoms with Crippen molar-refractivity contribution in [2.24, 2.45) is 0 Å². The molecule has 0 aliphatic carbocycles. The van der Waals surface area contributed by atoms with Crippen molar-refractivity contribution in [2.75, 3.05) is 5.32 Å². The van der Waals surface area contributed by atoms with E-state index in [1.54, 1.807) is 6.20 Å². The number of nitrogens with one attached hydrogen (secondary N) is 3. The third-order valence-corrected chi connectivity index (χ3v) is 3.60. The number of benzene rings is 2. The van der Waals surface area contributed by atoms with Gasteiger partial charge in [-0.3, -0.25) is 15.0 Å². The Hall–Kier alpha value is -3.15. The number of carbonyl (C=O) groups is 1. The lowest BCUT2D eigenvalue weighted by Crippen LogP contribution is -2.14. The van der Waals surface area contributed by atoms with Gasteiger partial charge < -0.3 is 5.32 Å². The molecule has 4 rings (SSSR count). The highest BCUT2D eigenvalue weighted by Crippen LogP contribution is 2.18. The summed E-state index contributed by atoms with van der Waals surface area (Å²) < 4.78 is 0. The molecule has 2 aromatic heterocycles. The molecule has 0 unspecified atom stereocenters. The van der Waals surface area contributed by atoms with Crippen LogP contribution in [0.25, 0.3) is 21.8 Å². The van der Waals surface area contributed by atoms with E-state index in [0.717, 1.165) is 33.2 Å². The van der Waals surface area contributed by atoms with Gasteiger partial charge in [-0.05, 0) is 24.3 Å². The number of H-pyrrole nitrogens is 2. The highest BCUT2D eigenvalue weighted by Gasteiger charge is 2.10. The van der Waals surface area contributed by atoms with Crippen molar-refractivity contribution in [3.63, 3.8) is 0 Å². The Kier molecular flexibility index (Phi) is 2.86. The quantitative estimate of drug-likeness (QED) is 0.542. The minimum atomic E-state index is -0.0896. The Morgan fingerprint density at radius 1 is 1.14 bits per heavy atom. The third kappa shape index (κ3) is 2.20. The zero-order valence-electron chi connectivity index (χ0n) is 11.6. The van der Waals surface area contributed by atoms with E-state index in [4.69, 9.17) is 0 Å². The maximum Gasteiger partial charge on any atom is 0.230 e. The van der Waals surface area contributed by atoms with E-state index in [1.165, 1.54) is 0 Å². The summed E-state index contributed by atoms with van der Waals surface area (Å²) in [6.45, 7) is 0. The van der Waals surface area contributed by atoms with Crippen molar-refractivity contribution < 1.29 is 4.79 Å². The van der Waals surface area contributed by atoms with Gasteiger partial charge in [-0.15, -0.1) is 0 Å². The van der Waals surface area contributed by atoms with E-state index in [9.17, 15) is 4.79 Å². The molecule has 6 heteroatoms. The number of aromatic nitrogens is 4. The Morgan fingerprint density at radius 3 is 3.00 bits per heavy atom. The molecule has 0 radical (unpaired) electrons. The lowest BCUT2D eigenvalue weighted by atomic mass is 10.1. The van der Waals surface area contributed by atoms with E-state index >= 15 is 0 Å². The van der Waals surface area contributed by atoms with Crippen LogP contribution < -0.4 is 5.32 Å². The topological polar surface area (TPSA) is 86.5 Å². The summed E-state index contributed by atoms with van der Waals surface area (Å²) in [5, 5.41) is 18.9. The van der Waals surface area contributed by atoms with Crippen molar-refractivity contribution in [3.8, 4) is 0 Å². The molecule has 22 heavy (non-hydrogen) atoms. The molecule has 2 heterocycles. The van der Waals surface area contributed by atoms with Crippen LogP contribution in [0.2, 0.25) is 0 Å². The molecule has 4 aromatic rings. The second kappa shape index (κ2) is 5.00. The molecule has 0 saturated heterocycles. The van der Waals surface area contributed by atoms with Crippen molar-refractivity contribution in [2.45, 2.75) is 6.42 Å². The second-order valence-corrected chi connectivity index (χ2v) is 5.12. The number of rotatable bonds is 3. The lowest BCUT2D eigenvalue weighted by Gasteiger charge is -2.04. The van der Waals surface area contributed by atoms with Gasteiger partial charge in [-0.25, -0.2) is 0 Å². The predicted molar refractivity (Wildman–Crippen MR) is 84.5 cm³/mol. The molecule has 2 aromatic carbocycles. The molecule has 1 amide bonds. The maximum atomic E-state index is 12.2. The Labute approximate surface area is 125 Å². The van der Waals surface area contributed by atoms with Gasteiger partial charge >= 0.3 is 0 Å². The fourth-order valence-corrected chi connectivity index (χ4v) is 2.53. The number of carbonyl (C=O) groups excluding carboxylic acids is 1. The highest BCUT2D eigenvalue weighted by atomic mass is 16.1. The third-order valence-electron chi connectivity index (χ3n) is 3.60. The molecule has 6 nitrogen and oxygen atoms in total. The molecule has 0 aliphatic heterocycles. The average Bonchev–Trinajstić information content (AvgIpc) is 3.14. The lowest BCUT2D eigenvalue weighted by molar-refractivity contribution is -0.115. The van der Waals surface area contributed by atoms with Crippen LogP contribution >= 0.6 is 0 Å². The van der Waals surface area contributed by atoms with Crippen LogP contribution in [0.5, 0.6) is 0 Å². The summed E-state index contributed by atoms with van der Waals surface area (Å²) in [6, 6.07) is 13.4. The number of anilines is 1. The van der Waals surface area contributed by atoms with E-state index in [-0.39, 0.29) is 12.3 Å². The van der Waals surface area contributed by atoms with Gasteiger partial charge in [0.05, 0.1) is 29.3 Å². The number of aromatic amines is 2. The van der Waals surface area contributed by atoms with Crippen molar-refractivity contribution in [1.82, 2.24) is 20.4 Å². The van der Waals surface area contributed by atoms with Crippen LogP contribution in [0.4, 0.5) is 5.69 Å². The molecule has 0 saturated carbocycles. The summed E-state index contributed by atoms with van der Waals surface area (Å²) in [6.07, 6.45) is 2.00. The summed E-state index contributed by atoms with van der Waals surface area (Å²) >= 11 is 0. The number of amides is 1. The number of hydrogen-bond acceptors (Lipinski definition) is 3. The van der Waals surface area contributed by atoms with Crippen molar-refractivity contribution in [1.29, 1.82) is 0 Å². The van der Waals surface area contributed by atoms with E-state index in [1.807, 2.05) is 42.5 Å². The Morgan fingerprint density at radius 2 is 2.05 bits per heavy atom. The van der Waals surface area contributed by atoms with Crippen LogP contribution in [-0.2, 0) is 11.2 Å². The van der Waals surface area contributed by atoms with Crippen LogP contribution in [0.15, 0.2) is 48.7 Å². The molecule has 0 spiro atoms. The van der Waals surface area contributed by atoms with Gasteiger partial charge in [0, 0.05) is 16.5 Å². The van der Waals surface area contributed by atoms with Crippen molar-refractivity contribution >= 4 is 33.4 Å². The Balaban J connectivity index is 1.54. The van der Waals surface area contributed by atoms with E-state index < -0.39 is 0 Å². The Bertz CT molecular complexity index is 969. The van der Waals surface area contributed by atoms with Gasteiger partial charge in [0.2, 0.25) is 5.91 Å². The van der Waals surface area contributed by atoms with Gasteiger partial charge in [-0.2, -0.15) is 10.2 Å². The summed E-state index contributed by atoms with van der Waals surface area (Å²) in [4.78, 5) is 12.2. The van der Waals surface area contributed by atoms with E-state index in [2.05, 4.69) is 25.7 Å². The number of nitrogens with zero attached hydrogens (tertiary/aromatic N) is 2. The molecule has 0 bridgehead atoms. The van der Waals surface area contributed by atoms with Gasteiger partial charge in [0.25, 0.3) is 0 Å². The molecular weight excluding hydrogens is 278 g/mol. The van der Waals surface area contributed by atoms with Gasteiger partial charge in [-0.1, -0.05) is 18.2 Å².